The summed E-state index contributed by atoms with van der Waals surface area (Å²) in [4.78, 5) is 23.4. The minimum atomic E-state index is -0.842. The van der Waals surface area contributed by atoms with Gasteiger partial charge in [-0.1, -0.05) is 38.5 Å². The summed E-state index contributed by atoms with van der Waals surface area (Å²) in [5.41, 5.74) is -2.06. The third kappa shape index (κ3) is 1.62. The lowest BCUT2D eigenvalue weighted by Crippen LogP contribution is -2.74. The van der Waals surface area contributed by atoms with Gasteiger partial charge in [-0.15, -0.1) is 0 Å². The fraction of sp³-hybridized carbons (Fsp3) is 0.867. The van der Waals surface area contributed by atoms with Gasteiger partial charge in [0.25, 0.3) is 6.47 Å². The lowest BCUT2D eigenvalue weighted by Gasteiger charge is -2.56. The Kier molecular flexibility index (Phi) is 3.32. The van der Waals surface area contributed by atoms with Gasteiger partial charge in [0.1, 0.15) is 17.3 Å². The monoisotopic (exact) mass is 500 g/mol. The Labute approximate surface area is 156 Å². The molecule has 23 heavy (non-hydrogen) atoms. The summed E-state index contributed by atoms with van der Waals surface area (Å²) in [5, 5.41) is 0.588. The highest BCUT2D eigenvalue weighted by Crippen LogP contribution is 2.71. The van der Waals surface area contributed by atoms with Gasteiger partial charge in [0, 0.05) is 17.7 Å². The van der Waals surface area contributed by atoms with Crippen molar-refractivity contribution in [3.8, 4) is 0 Å². The van der Waals surface area contributed by atoms with E-state index in [0.29, 0.717) is 18.2 Å². The molecule has 0 aromatic heterocycles. The molecule has 1 spiro atoms. The van der Waals surface area contributed by atoms with Crippen molar-refractivity contribution >= 4 is 51.0 Å². The van der Waals surface area contributed by atoms with Crippen LogP contribution < -0.4 is 0 Å². The summed E-state index contributed by atoms with van der Waals surface area (Å²) >= 11 is 5.95. The second-order valence-corrected chi connectivity index (χ2v) is 10.2. The van der Waals surface area contributed by atoms with Crippen LogP contribution in [0.1, 0.15) is 27.2 Å². The molecule has 4 bridgehead atoms. The first kappa shape index (κ1) is 16.5. The van der Waals surface area contributed by atoms with Crippen LogP contribution in [0.5, 0.6) is 0 Å². The second-order valence-electron chi connectivity index (χ2n) is 7.40. The van der Waals surface area contributed by atoms with Crippen LogP contribution in [0.25, 0.3) is 0 Å². The highest BCUT2D eigenvalue weighted by Gasteiger charge is 2.86. The first-order valence-corrected chi connectivity index (χ1v) is 9.79. The standard InChI is InChI=1S/C15H18BrIO6/c1-12(5-16)9-8(20-6-18)10-14(3)15(23-12,13(9,2)17)4-7(22-14)11(19)21-10/h6-10H,4-5H2,1-3H3/t7-,8?,9?,10?,12-,13?,14?,15?/m1/s1. The lowest BCUT2D eigenvalue weighted by molar-refractivity contribution is -0.260. The van der Waals surface area contributed by atoms with E-state index < -0.39 is 41.1 Å². The molecule has 0 radical (unpaired) electrons. The van der Waals surface area contributed by atoms with Crippen LogP contribution in [0.15, 0.2) is 0 Å². The number of carbonyl (C=O) groups excluding carboxylic acids is 2. The van der Waals surface area contributed by atoms with Crippen molar-refractivity contribution in [3.05, 3.63) is 0 Å². The van der Waals surface area contributed by atoms with E-state index in [9.17, 15) is 9.59 Å². The third-order valence-corrected chi connectivity index (χ3v) is 8.91. The molecule has 1 aliphatic carbocycles. The summed E-state index contributed by atoms with van der Waals surface area (Å²) in [6.07, 6.45) is -1.43. The Hall–Kier alpha value is 0.0700. The maximum Gasteiger partial charge on any atom is 0.335 e. The van der Waals surface area contributed by atoms with E-state index in [2.05, 4.69) is 45.4 Å². The average molecular weight is 501 g/mol. The van der Waals surface area contributed by atoms with Crippen molar-refractivity contribution in [1.29, 1.82) is 0 Å². The molecule has 0 N–H and O–H groups in total. The number of halogens is 2. The van der Waals surface area contributed by atoms with Gasteiger partial charge in [0.2, 0.25) is 0 Å². The van der Waals surface area contributed by atoms with Gasteiger partial charge in [0.05, 0.1) is 9.02 Å². The van der Waals surface area contributed by atoms with Crippen LogP contribution in [0.4, 0.5) is 0 Å². The first-order valence-electron chi connectivity index (χ1n) is 7.59. The molecule has 128 valence electrons. The average Bonchev–Trinajstić information content (AvgIpc) is 2.82. The maximum atomic E-state index is 12.2. The summed E-state index contributed by atoms with van der Waals surface area (Å²) in [6.45, 7) is 6.45. The van der Waals surface area contributed by atoms with E-state index in [1.54, 1.807) is 0 Å². The Morgan fingerprint density at radius 2 is 2.13 bits per heavy atom. The van der Waals surface area contributed by atoms with Gasteiger partial charge in [-0.2, -0.15) is 0 Å². The van der Waals surface area contributed by atoms with E-state index in [-0.39, 0.29) is 9.34 Å². The van der Waals surface area contributed by atoms with E-state index >= 15 is 0 Å². The van der Waals surface area contributed by atoms with Crippen LogP contribution in [0.3, 0.4) is 0 Å². The minimum absolute atomic E-state index is 0.133. The molecular weight excluding hydrogens is 483 g/mol. The molecule has 8 heteroatoms. The van der Waals surface area contributed by atoms with Crippen molar-refractivity contribution in [2.45, 2.75) is 65.7 Å². The summed E-state index contributed by atoms with van der Waals surface area (Å²) in [5.74, 6) is -0.528. The van der Waals surface area contributed by atoms with Gasteiger partial charge in [-0.05, 0) is 20.8 Å². The summed E-state index contributed by atoms with van der Waals surface area (Å²) in [6, 6.07) is 0. The molecule has 0 aromatic rings. The fourth-order valence-corrected chi connectivity index (χ4v) is 7.73. The van der Waals surface area contributed by atoms with E-state index in [0.717, 1.165) is 0 Å². The zero-order valence-electron chi connectivity index (χ0n) is 13.0. The summed E-state index contributed by atoms with van der Waals surface area (Å²) in [7, 11) is 0. The Bertz CT molecular complexity index is 599. The Morgan fingerprint density at radius 3 is 2.74 bits per heavy atom. The molecule has 3 saturated heterocycles. The van der Waals surface area contributed by atoms with Gasteiger partial charge in [-0.25, -0.2) is 4.79 Å². The van der Waals surface area contributed by atoms with Crippen molar-refractivity contribution in [2.75, 3.05) is 5.33 Å². The first-order chi connectivity index (χ1) is 10.7. The van der Waals surface area contributed by atoms with Crippen LogP contribution >= 0.6 is 38.5 Å². The fourth-order valence-electron chi connectivity index (χ4n) is 5.39. The molecule has 0 aromatic carbocycles. The number of rotatable bonds is 3. The minimum Gasteiger partial charge on any atom is -0.460 e. The molecule has 4 aliphatic rings. The lowest BCUT2D eigenvalue weighted by atomic mass is 9.59. The van der Waals surface area contributed by atoms with Crippen LogP contribution in [-0.2, 0) is 28.5 Å². The number of carbonyl (C=O) groups is 2. The normalized spacial score (nSPS) is 59.6. The molecule has 4 rings (SSSR count). The molecular formula is C15H18BrIO6. The van der Waals surface area contributed by atoms with Gasteiger partial charge < -0.3 is 18.9 Å². The Morgan fingerprint density at radius 1 is 1.43 bits per heavy atom. The highest BCUT2D eigenvalue weighted by molar-refractivity contribution is 14.1. The number of esters is 1. The summed E-state index contributed by atoms with van der Waals surface area (Å²) < 4.78 is 23.5. The van der Waals surface area contributed by atoms with Crippen LogP contribution in [-0.4, -0.2) is 56.3 Å². The van der Waals surface area contributed by atoms with E-state index in [1.165, 1.54) is 0 Å². The third-order valence-electron chi connectivity index (χ3n) is 6.25. The van der Waals surface area contributed by atoms with Crippen LogP contribution in [0, 0.1) is 5.92 Å². The molecule has 8 atom stereocenters. The molecule has 6 unspecified atom stereocenters. The Balaban J connectivity index is 1.97. The zero-order chi connectivity index (χ0) is 16.8. The largest absolute Gasteiger partial charge is 0.460 e. The predicted molar refractivity (Wildman–Crippen MR) is 90.6 cm³/mol. The van der Waals surface area contributed by atoms with Crippen molar-refractivity contribution < 1.29 is 28.5 Å². The maximum absolute atomic E-state index is 12.2. The van der Waals surface area contributed by atoms with Gasteiger partial charge in [0.15, 0.2) is 12.2 Å². The predicted octanol–water partition coefficient (Wildman–Crippen LogP) is 1.75. The van der Waals surface area contributed by atoms with Gasteiger partial charge in [-0.3, -0.25) is 4.79 Å². The number of ether oxygens (including phenoxy) is 4. The van der Waals surface area contributed by atoms with Crippen molar-refractivity contribution in [2.24, 2.45) is 5.92 Å². The topological polar surface area (TPSA) is 71.1 Å². The van der Waals surface area contributed by atoms with E-state index in [4.69, 9.17) is 18.9 Å². The molecule has 3 aliphatic heterocycles. The van der Waals surface area contributed by atoms with Crippen molar-refractivity contribution in [3.63, 3.8) is 0 Å². The number of hydrogen-bond acceptors (Lipinski definition) is 6. The van der Waals surface area contributed by atoms with Crippen molar-refractivity contribution in [1.82, 2.24) is 0 Å². The number of alkyl halides is 2. The molecule has 0 amide bonds. The SMILES string of the molecule is CC1(I)C2C(OC=O)C3OC(=O)[C@H]4CC1(O[C@]2(C)CBr)C3(C)O4. The number of fused-ring (bicyclic) bond motifs is 2. The smallest absolute Gasteiger partial charge is 0.335 e. The highest BCUT2D eigenvalue weighted by atomic mass is 127. The molecule has 3 heterocycles. The zero-order valence-corrected chi connectivity index (χ0v) is 16.7. The molecule has 4 fully saturated rings. The quantitative estimate of drug-likeness (QED) is 0.254. The van der Waals surface area contributed by atoms with E-state index in [1.807, 2.05) is 13.8 Å². The van der Waals surface area contributed by atoms with Crippen LogP contribution in [0.2, 0.25) is 0 Å². The second kappa shape index (κ2) is 4.62. The molecule has 1 saturated carbocycles. The van der Waals surface area contributed by atoms with Gasteiger partial charge >= 0.3 is 5.97 Å². The number of hydrogen-bond donors (Lipinski definition) is 0. The molecule has 6 nitrogen and oxygen atoms in total.